The third-order valence-corrected chi connectivity index (χ3v) is 6.10. The topological polar surface area (TPSA) is 26.0 Å². The first kappa shape index (κ1) is 20.8. The van der Waals surface area contributed by atoms with Gasteiger partial charge in [-0.25, -0.2) is 0 Å². The molecule has 1 fully saturated rings. The molecule has 1 aliphatic rings. The van der Waals surface area contributed by atoms with E-state index in [1.165, 1.54) is 69.1 Å². The molecular formula is C24H30F3N. The van der Waals surface area contributed by atoms with Gasteiger partial charge >= 0.3 is 6.18 Å². The Balaban J connectivity index is 1.69. The molecule has 0 aliphatic heterocycles. The van der Waals surface area contributed by atoms with Gasteiger partial charge in [0.15, 0.2) is 0 Å². The number of rotatable bonds is 6. The fraction of sp³-hybridized carbons (Fsp3) is 0.500. The van der Waals surface area contributed by atoms with Crippen LogP contribution in [0.25, 0.3) is 11.1 Å². The SMILES string of the molecule is CCCCCC1CCC(c2ccc(-c3ccc(N)cc3C(F)(F)F)cc2)CC1. The van der Waals surface area contributed by atoms with Gasteiger partial charge in [0, 0.05) is 5.69 Å². The number of benzene rings is 2. The lowest BCUT2D eigenvalue weighted by molar-refractivity contribution is -0.137. The molecule has 0 heterocycles. The number of nitrogen functional groups attached to an aromatic ring is 1. The van der Waals surface area contributed by atoms with Gasteiger partial charge in [0.05, 0.1) is 5.56 Å². The largest absolute Gasteiger partial charge is 0.417 e. The number of alkyl halides is 3. The lowest BCUT2D eigenvalue weighted by atomic mass is 9.77. The van der Waals surface area contributed by atoms with Crippen LogP contribution < -0.4 is 5.73 Å². The van der Waals surface area contributed by atoms with Crippen LogP contribution in [0.5, 0.6) is 0 Å². The summed E-state index contributed by atoms with van der Waals surface area (Å²) in [6.07, 6.45) is 5.77. The van der Waals surface area contributed by atoms with E-state index in [1.54, 1.807) is 0 Å². The summed E-state index contributed by atoms with van der Waals surface area (Å²) in [4.78, 5) is 0. The molecule has 2 aromatic carbocycles. The van der Waals surface area contributed by atoms with Crippen molar-refractivity contribution in [2.75, 3.05) is 5.73 Å². The third kappa shape index (κ3) is 5.09. The number of nitrogens with two attached hydrogens (primary N) is 1. The standard InChI is InChI=1S/C24H30F3N/c1-2-3-4-5-17-6-8-18(9-7-17)19-10-12-20(13-11-19)22-15-14-21(28)16-23(22)24(25,26)27/h10-18H,2-9,28H2,1H3. The second-order valence-electron chi connectivity index (χ2n) is 8.14. The van der Waals surface area contributed by atoms with E-state index in [4.69, 9.17) is 5.73 Å². The fourth-order valence-electron chi connectivity index (χ4n) is 4.45. The molecule has 1 saturated carbocycles. The molecule has 0 saturated heterocycles. The van der Waals surface area contributed by atoms with Crippen LogP contribution >= 0.6 is 0 Å². The Hall–Kier alpha value is -1.97. The molecule has 0 atom stereocenters. The summed E-state index contributed by atoms with van der Waals surface area (Å²) >= 11 is 0. The Labute approximate surface area is 166 Å². The Kier molecular flexibility index (Phi) is 6.69. The van der Waals surface area contributed by atoms with Crippen molar-refractivity contribution in [3.8, 4) is 11.1 Å². The molecule has 0 aromatic heterocycles. The van der Waals surface area contributed by atoms with Crippen LogP contribution in [0, 0.1) is 5.92 Å². The minimum Gasteiger partial charge on any atom is -0.399 e. The van der Waals surface area contributed by atoms with Gasteiger partial charge < -0.3 is 5.73 Å². The van der Waals surface area contributed by atoms with Crippen LogP contribution in [0.1, 0.15) is 75.3 Å². The number of hydrogen-bond donors (Lipinski definition) is 1. The van der Waals surface area contributed by atoms with E-state index in [1.807, 2.05) is 24.3 Å². The fourth-order valence-corrected chi connectivity index (χ4v) is 4.45. The predicted octanol–water partition coefficient (Wildman–Crippen LogP) is 7.81. The highest BCUT2D eigenvalue weighted by molar-refractivity contribution is 5.70. The molecule has 152 valence electrons. The Morgan fingerprint density at radius 3 is 2.21 bits per heavy atom. The quantitative estimate of drug-likeness (QED) is 0.396. The van der Waals surface area contributed by atoms with E-state index in [2.05, 4.69) is 6.92 Å². The summed E-state index contributed by atoms with van der Waals surface area (Å²) in [5.41, 5.74) is 7.05. The van der Waals surface area contributed by atoms with Crippen LogP contribution in [0.15, 0.2) is 42.5 Å². The Morgan fingerprint density at radius 2 is 1.61 bits per heavy atom. The molecule has 2 aromatic rings. The highest BCUT2D eigenvalue weighted by atomic mass is 19.4. The third-order valence-electron chi connectivity index (χ3n) is 6.10. The van der Waals surface area contributed by atoms with Gasteiger partial charge in [-0.15, -0.1) is 0 Å². The first-order valence-corrected chi connectivity index (χ1v) is 10.5. The second-order valence-corrected chi connectivity index (χ2v) is 8.14. The minimum atomic E-state index is -4.42. The van der Waals surface area contributed by atoms with Gasteiger partial charge in [-0.3, -0.25) is 0 Å². The summed E-state index contributed by atoms with van der Waals surface area (Å²) in [5, 5.41) is 0. The molecule has 1 nitrogen and oxygen atoms in total. The maximum absolute atomic E-state index is 13.4. The average molecular weight is 390 g/mol. The van der Waals surface area contributed by atoms with Gasteiger partial charge in [-0.05, 0) is 66.3 Å². The molecule has 28 heavy (non-hydrogen) atoms. The molecule has 3 rings (SSSR count). The average Bonchev–Trinajstić information content (AvgIpc) is 2.68. The zero-order valence-corrected chi connectivity index (χ0v) is 16.6. The van der Waals surface area contributed by atoms with Gasteiger partial charge in [0.1, 0.15) is 0 Å². The maximum atomic E-state index is 13.4. The van der Waals surface area contributed by atoms with Gasteiger partial charge in [0.25, 0.3) is 0 Å². The van der Waals surface area contributed by atoms with Crippen molar-refractivity contribution >= 4 is 5.69 Å². The van der Waals surface area contributed by atoms with E-state index in [0.717, 1.165) is 12.0 Å². The molecule has 2 N–H and O–H groups in total. The van der Waals surface area contributed by atoms with Gasteiger partial charge in [0.2, 0.25) is 0 Å². The normalized spacial score (nSPS) is 20.3. The molecule has 0 amide bonds. The molecule has 0 unspecified atom stereocenters. The predicted molar refractivity (Wildman–Crippen MR) is 110 cm³/mol. The Morgan fingerprint density at radius 1 is 0.929 bits per heavy atom. The van der Waals surface area contributed by atoms with Crippen LogP contribution in [-0.2, 0) is 6.18 Å². The number of halogens is 3. The Bertz CT molecular complexity index is 756. The second kappa shape index (κ2) is 9.02. The van der Waals surface area contributed by atoms with Crippen molar-refractivity contribution in [3.63, 3.8) is 0 Å². The van der Waals surface area contributed by atoms with Crippen LogP contribution in [0.2, 0.25) is 0 Å². The summed E-state index contributed by atoms with van der Waals surface area (Å²) in [6, 6.07) is 11.7. The van der Waals surface area contributed by atoms with E-state index in [0.29, 0.717) is 11.5 Å². The molecule has 0 radical (unpaired) electrons. The van der Waals surface area contributed by atoms with Crippen LogP contribution in [0.4, 0.5) is 18.9 Å². The molecule has 0 spiro atoms. The lowest BCUT2D eigenvalue weighted by Gasteiger charge is -2.29. The first-order chi connectivity index (χ1) is 13.4. The smallest absolute Gasteiger partial charge is 0.399 e. The van der Waals surface area contributed by atoms with E-state index in [-0.39, 0.29) is 11.3 Å². The molecular weight excluding hydrogens is 359 g/mol. The summed E-state index contributed by atoms with van der Waals surface area (Å²) < 4.78 is 40.1. The van der Waals surface area contributed by atoms with Crippen molar-refractivity contribution < 1.29 is 13.2 Å². The minimum absolute atomic E-state index is 0.128. The van der Waals surface area contributed by atoms with E-state index < -0.39 is 11.7 Å². The summed E-state index contributed by atoms with van der Waals surface area (Å²) in [6.45, 7) is 2.24. The van der Waals surface area contributed by atoms with E-state index >= 15 is 0 Å². The monoisotopic (exact) mass is 389 g/mol. The van der Waals surface area contributed by atoms with Crippen LogP contribution in [0.3, 0.4) is 0 Å². The zero-order chi connectivity index (χ0) is 20.1. The molecule has 0 bridgehead atoms. The summed E-state index contributed by atoms with van der Waals surface area (Å²) in [7, 11) is 0. The molecule has 4 heteroatoms. The molecule has 1 aliphatic carbocycles. The van der Waals surface area contributed by atoms with Gasteiger partial charge in [-0.2, -0.15) is 13.2 Å². The lowest BCUT2D eigenvalue weighted by Crippen LogP contribution is -2.13. The van der Waals surface area contributed by atoms with E-state index in [9.17, 15) is 13.2 Å². The highest BCUT2D eigenvalue weighted by Crippen LogP contribution is 2.40. The first-order valence-electron chi connectivity index (χ1n) is 10.5. The van der Waals surface area contributed by atoms with Gasteiger partial charge in [-0.1, -0.05) is 62.9 Å². The zero-order valence-electron chi connectivity index (χ0n) is 16.6. The van der Waals surface area contributed by atoms with Crippen molar-refractivity contribution in [3.05, 3.63) is 53.6 Å². The van der Waals surface area contributed by atoms with Crippen molar-refractivity contribution in [2.24, 2.45) is 5.92 Å². The highest BCUT2D eigenvalue weighted by Gasteiger charge is 2.34. The number of anilines is 1. The number of unbranched alkanes of at least 4 members (excludes halogenated alkanes) is 2. The van der Waals surface area contributed by atoms with Crippen molar-refractivity contribution in [1.82, 2.24) is 0 Å². The number of hydrogen-bond acceptors (Lipinski definition) is 1. The van der Waals surface area contributed by atoms with Crippen molar-refractivity contribution in [2.45, 2.75) is 70.4 Å². The maximum Gasteiger partial charge on any atom is 0.417 e. The van der Waals surface area contributed by atoms with Crippen molar-refractivity contribution in [1.29, 1.82) is 0 Å². The summed E-state index contributed by atoms with van der Waals surface area (Å²) in [5.74, 6) is 1.39. The van der Waals surface area contributed by atoms with Crippen LogP contribution in [-0.4, -0.2) is 0 Å².